The monoisotopic (exact) mass is 349 g/mol. The maximum absolute atomic E-state index is 4.82. The van der Waals surface area contributed by atoms with Gasteiger partial charge in [0, 0.05) is 17.1 Å². The molecule has 1 heteroatoms. The van der Waals surface area contributed by atoms with Crippen LogP contribution in [0.15, 0.2) is 66.9 Å². The van der Waals surface area contributed by atoms with Gasteiger partial charge in [-0.25, -0.2) is 0 Å². The highest BCUT2D eigenvalue weighted by Crippen LogP contribution is 2.47. The van der Waals surface area contributed by atoms with Crippen molar-refractivity contribution in [3.8, 4) is 33.5 Å². The summed E-state index contributed by atoms with van der Waals surface area (Å²) in [6.45, 7) is 9.00. The molecule has 1 aliphatic rings. The topological polar surface area (TPSA) is 12.9 Å². The Bertz CT molecular complexity index is 1200. The van der Waals surface area contributed by atoms with Gasteiger partial charge in [0.15, 0.2) is 0 Å². The molecule has 1 heterocycles. The quantitative estimate of drug-likeness (QED) is 0.289. The fourth-order valence-corrected chi connectivity index (χ4v) is 4.21. The number of fused-ring (bicyclic) bond motifs is 5. The molecule has 0 N–H and O–H groups in total. The molecule has 3 aromatic carbocycles. The SMILES string of the molecule is Cc1ccc2c(c1)-c1cc(C(C)(C)C)ccc1-c1cccc3ccnc-2c13. The van der Waals surface area contributed by atoms with E-state index in [4.69, 9.17) is 4.98 Å². The van der Waals surface area contributed by atoms with Crippen molar-refractivity contribution in [1.82, 2.24) is 4.98 Å². The van der Waals surface area contributed by atoms with Crippen molar-refractivity contribution in [3.05, 3.63) is 78.0 Å². The molecule has 0 fully saturated rings. The number of pyridine rings is 1. The highest BCUT2D eigenvalue weighted by molar-refractivity contribution is 6.12. The van der Waals surface area contributed by atoms with Crippen LogP contribution in [0.4, 0.5) is 0 Å². The molecule has 0 atom stereocenters. The second-order valence-corrected chi connectivity index (χ2v) is 8.62. The van der Waals surface area contributed by atoms with Crippen molar-refractivity contribution >= 4 is 10.8 Å². The first-order valence-corrected chi connectivity index (χ1v) is 9.57. The molecular weight excluding hydrogens is 326 g/mol. The van der Waals surface area contributed by atoms with Crippen molar-refractivity contribution in [2.75, 3.05) is 0 Å². The molecule has 0 spiro atoms. The van der Waals surface area contributed by atoms with Crippen LogP contribution in [0.25, 0.3) is 44.3 Å². The van der Waals surface area contributed by atoms with Crippen LogP contribution in [0.2, 0.25) is 0 Å². The molecule has 1 aromatic heterocycles. The van der Waals surface area contributed by atoms with Crippen LogP contribution in [0.1, 0.15) is 31.9 Å². The van der Waals surface area contributed by atoms with E-state index in [9.17, 15) is 0 Å². The summed E-state index contributed by atoms with van der Waals surface area (Å²) in [5.74, 6) is 0. The third-order valence-electron chi connectivity index (χ3n) is 5.69. The number of aromatic nitrogens is 1. The third-order valence-corrected chi connectivity index (χ3v) is 5.69. The Balaban J connectivity index is 1.99. The number of aryl methyl sites for hydroxylation is 1. The molecule has 0 bridgehead atoms. The zero-order valence-corrected chi connectivity index (χ0v) is 16.3. The Hall–Kier alpha value is -2.93. The van der Waals surface area contributed by atoms with E-state index in [0.717, 1.165) is 5.69 Å². The summed E-state index contributed by atoms with van der Waals surface area (Å²) in [4.78, 5) is 4.82. The Morgan fingerprint density at radius 2 is 1.48 bits per heavy atom. The first-order chi connectivity index (χ1) is 12.9. The third kappa shape index (κ3) is 2.42. The first-order valence-electron chi connectivity index (χ1n) is 9.57. The lowest BCUT2D eigenvalue weighted by atomic mass is 9.83. The van der Waals surface area contributed by atoms with E-state index in [1.165, 1.54) is 49.7 Å². The Morgan fingerprint density at radius 3 is 2.30 bits per heavy atom. The van der Waals surface area contributed by atoms with Gasteiger partial charge in [-0.05, 0) is 57.7 Å². The van der Waals surface area contributed by atoms with Gasteiger partial charge in [0.2, 0.25) is 0 Å². The number of nitrogens with zero attached hydrogens (tertiary/aromatic N) is 1. The summed E-state index contributed by atoms with van der Waals surface area (Å²) in [7, 11) is 0. The molecule has 0 saturated carbocycles. The van der Waals surface area contributed by atoms with Crippen molar-refractivity contribution in [2.24, 2.45) is 0 Å². The van der Waals surface area contributed by atoms with Gasteiger partial charge in [0.1, 0.15) is 0 Å². The van der Waals surface area contributed by atoms with Gasteiger partial charge in [-0.15, -0.1) is 0 Å². The Labute approximate surface area is 160 Å². The molecule has 132 valence electrons. The maximum Gasteiger partial charge on any atom is 0.0792 e. The largest absolute Gasteiger partial charge is 0.256 e. The lowest BCUT2D eigenvalue weighted by Gasteiger charge is -2.22. The zero-order valence-electron chi connectivity index (χ0n) is 16.3. The predicted octanol–water partition coefficient (Wildman–Crippen LogP) is 7.16. The van der Waals surface area contributed by atoms with Crippen LogP contribution in [0.3, 0.4) is 0 Å². The average Bonchev–Trinajstić information content (AvgIpc) is 2.76. The normalized spacial score (nSPS) is 12.4. The van der Waals surface area contributed by atoms with Gasteiger partial charge in [0.05, 0.1) is 5.69 Å². The summed E-state index contributed by atoms with van der Waals surface area (Å²) in [5, 5.41) is 2.50. The number of hydrogen-bond donors (Lipinski definition) is 0. The molecular formula is C26H23N. The first kappa shape index (κ1) is 16.3. The second-order valence-electron chi connectivity index (χ2n) is 8.62. The minimum atomic E-state index is 0.114. The van der Waals surface area contributed by atoms with E-state index < -0.39 is 0 Å². The molecule has 0 amide bonds. The summed E-state index contributed by atoms with van der Waals surface area (Å²) in [6.07, 6.45) is 1.93. The maximum atomic E-state index is 4.82. The summed E-state index contributed by atoms with van der Waals surface area (Å²) in [5.41, 5.74) is 10.2. The number of benzene rings is 3. The minimum absolute atomic E-state index is 0.114. The summed E-state index contributed by atoms with van der Waals surface area (Å²) in [6, 6.07) is 22.4. The predicted molar refractivity (Wildman–Crippen MR) is 115 cm³/mol. The lowest BCUT2D eigenvalue weighted by molar-refractivity contribution is 0.590. The van der Waals surface area contributed by atoms with E-state index >= 15 is 0 Å². The smallest absolute Gasteiger partial charge is 0.0792 e. The van der Waals surface area contributed by atoms with Crippen LogP contribution in [0, 0.1) is 6.92 Å². The highest BCUT2D eigenvalue weighted by atomic mass is 14.7. The number of rotatable bonds is 0. The molecule has 27 heavy (non-hydrogen) atoms. The van der Waals surface area contributed by atoms with Gasteiger partial charge < -0.3 is 0 Å². The minimum Gasteiger partial charge on any atom is -0.256 e. The van der Waals surface area contributed by atoms with Crippen molar-refractivity contribution in [3.63, 3.8) is 0 Å². The fraction of sp³-hybridized carbons (Fsp3) is 0.192. The summed E-state index contributed by atoms with van der Waals surface area (Å²) < 4.78 is 0. The van der Waals surface area contributed by atoms with Crippen LogP contribution in [0.5, 0.6) is 0 Å². The molecule has 0 aliphatic heterocycles. The van der Waals surface area contributed by atoms with Gasteiger partial charge >= 0.3 is 0 Å². The Kier molecular flexibility index (Phi) is 3.33. The van der Waals surface area contributed by atoms with Gasteiger partial charge in [0.25, 0.3) is 0 Å². The van der Waals surface area contributed by atoms with Crippen molar-refractivity contribution in [1.29, 1.82) is 0 Å². The molecule has 0 saturated heterocycles. The summed E-state index contributed by atoms with van der Waals surface area (Å²) >= 11 is 0. The zero-order chi connectivity index (χ0) is 18.8. The molecule has 0 unspecified atom stereocenters. The van der Waals surface area contributed by atoms with Crippen LogP contribution >= 0.6 is 0 Å². The van der Waals surface area contributed by atoms with Crippen LogP contribution in [-0.2, 0) is 5.41 Å². The average molecular weight is 349 g/mol. The van der Waals surface area contributed by atoms with E-state index in [0.29, 0.717) is 0 Å². The van der Waals surface area contributed by atoms with Gasteiger partial charge in [-0.1, -0.05) is 74.9 Å². The van der Waals surface area contributed by atoms with E-state index in [1.54, 1.807) is 0 Å². The van der Waals surface area contributed by atoms with Crippen molar-refractivity contribution in [2.45, 2.75) is 33.1 Å². The van der Waals surface area contributed by atoms with Gasteiger partial charge in [-0.3, -0.25) is 4.98 Å². The van der Waals surface area contributed by atoms with Crippen LogP contribution < -0.4 is 0 Å². The molecule has 0 radical (unpaired) electrons. The molecule has 5 rings (SSSR count). The molecule has 1 nitrogen and oxygen atoms in total. The van der Waals surface area contributed by atoms with E-state index in [1.807, 2.05) is 6.20 Å². The lowest BCUT2D eigenvalue weighted by Crippen LogP contribution is -2.11. The van der Waals surface area contributed by atoms with E-state index in [2.05, 4.69) is 88.4 Å². The van der Waals surface area contributed by atoms with Crippen molar-refractivity contribution < 1.29 is 0 Å². The second kappa shape index (κ2) is 5.53. The molecule has 1 aliphatic carbocycles. The fourth-order valence-electron chi connectivity index (χ4n) is 4.21. The number of hydrogen-bond acceptors (Lipinski definition) is 1. The molecule has 4 aromatic rings. The van der Waals surface area contributed by atoms with Crippen LogP contribution in [-0.4, -0.2) is 4.98 Å². The standard InChI is InChI=1S/C26H23N/c1-16-8-10-21-22(14-16)23-15-18(26(2,3)4)9-11-19(23)20-7-5-6-17-12-13-27-25(21)24(17)20/h5-15H,1-4H3. The highest BCUT2D eigenvalue weighted by Gasteiger charge is 2.24. The van der Waals surface area contributed by atoms with E-state index in [-0.39, 0.29) is 5.41 Å². The Morgan fingerprint density at radius 1 is 0.704 bits per heavy atom. The van der Waals surface area contributed by atoms with Gasteiger partial charge in [-0.2, -0.15) is 0 Å².